The van der Waals surface area contributed by atoms with Crippen LogP contribution in [0.1, 0.15) is 15.9 Å². The maximum atomic E-state index is 13.7. The third-order valence-electron chi connectivity index (χ3n) is 4.29. The van der Waals surface area contributed by atoms with E-state index in [0.717, 1.165) is 34.6 Å². The van der Waals surface area contributed by atoms with E-state index in [0.29, 0.717) is 11.8 Å². The van der Waals surface area contributed by atoms with Gasteiger partial charge in [0.25, 0.3) is 5.91 Å². The standard InChI is InChI=1S/C21H15F2N3O/c1-13-3-2-10-26-12-19(25-20(13)26)14-4-7-16(8-5-14)24-21(27)17-9-6-15(22)11-18(17)23/h2-12H,1H3,(H,24,27). The molecular weight excluding hydrogens is 348 g/mol. The van der Waals surface area contributed by atoms with E-state index in [9.17, 15) is 13.6 Å². The number of carbonyl (C=O) groups excluding carboxylic acids is 1. The van der Waals surface area contributed by atoms with Gasteiger partial charge in [-0.05, 0) is 42.8 Å². The molecule has 0 saturated carbocycles. The largest absolute Gasteiger partial charge is 0.322 e. The Bertz CT molecular complexity index is 1150. The highest BCUT2D eigenvalue weighted by Gasteiger charge is 2.13. The number of fused-ring (bicyclic) bond motifs is 1. The molecule has 4 rings (SSSR count). The van der Waals surface area contributed by atoms with E-state index in [2.05, 4.69) is 10.3 Å². The third kappa shape index (κ3) is 3.29. The number of hydrogen-bond acceptors (Lipinski definition) is 2. The summed E-state index contributed by atoms with van der Waals surface area (Å²) in [7, 11) is 0. The van der Waals surface area contributed by atoms with Gasteiger partial charge < -0.3 is 9.72 Å². The molecule has 1 N–H and O–H groups in total. The lowest BCUT2D eigenvalue weighted by Gasteiger charge is -2.07. The molecule has 2 aromatic carbocycles. The normalized spacial score (nSPS) is 10.9. The molecule has 0 aliphatic rings. The molecule has 2 aromatic heterocycles. The number of hydrogen-bond donors (Lipinski definition) is 1. The molecule has 134 valence electrons. The van der Waals surface area contributed by atoms with Gasteiger partial charge in [0.15, 0.2) is 0 Å². The average Bonchev–Trinajstić information content (AvgIpc) is 3.08. The second-order valence-corrected chi connectivity index (χ2v) is 6.20. The first-order valence-corrected chi connectivity index (χ1v) is 8.32. The summed E-state index contributed by atoms with van der Waals surface area (Å²) in [5.74, 6) is -2.26. The molecule has 0 radical (unpaired) electrons. The number of pyridine rings is 1. The van der Waals surface area contributed by atoms with Crippen LogP contribution in [-0.2, 0) is 0 Å². The van der Waals surface area contributed by atoms with Crippen LogP contribution in [0.3, 0.4) is 0 Å². The van der Waals surface area contributed by atoms with Crippen LogP contribution >= 0.6 is 0 Å². The summed E-state index contributed by atoms with van der Waals surface area (Å²) in [6.07, 6.45) is 3.87. The predicted molar refractivity (Wildman–Crippen MR) is 99.7 cm³/mol. The highest BCUT2D eigenvalue weighted by atomic mass is 19.1. The zero-order chi connectivity index (χ0) is 19.0. The Balaban J connectivity index is 1.56. The number of halogens is 2. The highest BCUT2D eigenvalue weighted by molar-refractivity contribution is 6.04. The fraction of sp³-hybridized carbons (Fsp3) is 0.0476. The molecule has 0 saturated heterocycles. The summed E-state index contributed by atoms with van der Waals surface area (Å²) >= 11 is 0. The zero-order valence-corrected chi connectivity index (χ0v) is 14.4. The molecule has 0 bridgehead atoms. The van der Waals surface area contributed by atoms with Crippen LogP contribution in [-0.4, -0.2) is 15.3 Å². The van der Waals surface area contributed by atoms with Crippen LogP contribution < -0.4 is 5.32 Å². The maximum absolute atomic E-state index is 13.7. The molecule has 0 spiro atoms. The van der Waals surface area contributed by atoms with E-state index in [-0.39, 0.29) is 5.56 Å². The van der Waals surface area contributed by atoms with Crippen molar-refractivity contribution in [3.8, 4) is 11.3 Å². The minimum atomic E-state index is -0.899. The van der Waals surface area contributed by atoms with Gasteiger partial charge in [-0.15, -0.1) is 0 Å². The summed E-state index contributed by atoms with van der Waals surface area (Å²) in [5, 5.41) is 2.61. The number of nitrogens with zero attached hydrogens (tertiary/aromatic N) is 2. The van der Waals surface area contributed by atoms with Gasteiger partial charge in [0.2, 0.25) is 0 Å². The van der Waals surface area contributed by atoms with E-state index in [1.165, 1.54) is 0 Å². The van der Waals surface area contributed by atoms with Crippen LogP contribution in [0.2, 0.25) is 0 Å². The lowest BCUT2D eigenvalue weighted by Crippen LogP contribution is -2.13. The van der Waals surface area contributed by atoms with E-state index in [1.807, 2.05) is 48.0 Å². The molecule has 0 aliphatic heterocycles. The van der Waals surface area contributed by atoms with Crippen molar-refractivity contribution in [3.63, 3.8) is 0 Å². The van der Waals surface area contributed by atoms with Crippen molar-refractivity contribution in [2.45, 2.75) is 6.92 Å². The molecule has 0 aliphatic carbocycles. The van der Waals surface area contributed by atoms with Crippen LogP contribution in [0.25, 0.3) is 16.9 Å². The van der Waals surface area contributed by atoms with E-state index in [1.54, 1.807) is 12.1 Å². The number of imidazole rings is 1. The van der Waals surface area contributed by atoms with Crippen LogP contribution in [0.15, 0.2) is 67.0 Å². The molecule has 0 unspecified atom stereocenters. The van der Waals surface area contributed by atoms with Crippen LogP contribution in [0.5, 0.6) is 0 Å². The summed E-state index contributed by atoms with van der Waals surface area (Å²) < 4.78 is 28.6. The van der Waals surface area contributed by atoms with Gasteiger partial charge in [-0.1, -0.05) is 18.2 Å². The van der Waals surface area contributed by atoms with Gasteiger partial charge in [-0.2, -0.15) is 0 Å². The lowest BCUT2D eigenvalue weighted by molar-refractivity contribution is 0.102. The summed E-state index contributed by atoms with van der Waals surface area (Å²) in [6.45, 7) is 2.00. The highest BCUT2D eigenvalue weighted by Crippen LogP contribution is 2.23. The number of carbonyl (C=O) groups is 1. The predicted octanol–water partition coefficient (Wildman–Crippen LogP) is 4.84. The zero-order valence-electron chi connectivity index (χ0n) is 14.4. The first kappa shape index (κ1) is 16.9. The van der Waals surface area contributed by atoms with Crippen molar-refractivity contribution in [2.24, 2.45) is 0 Å². The average molecular weight is 363 g/mol. The Hall–Kier alpha value is -3.54. The Kier molecular flexibility index (Phi) is 4.16. The van der Waals surface area contributed by atoms with E-state index < -0.39 is 17.5 Å². The lowest BCUT2D eigenvalue weighted by atomic mass is 10.1. The number of nitrogens with one attached hydrogen (secondary N) is 1. The molecule has 4 aromatic rings. The summed E-state index contributed by atoms with van der Waals surface area (Å²) in [5.41, 5.74) is 3.96. The number of amides is 1. The monoisotopic (exact) mass is 363 g/mol. The van der Waals surface area contributed by atoms with Crippen molar-refractivity contribution in [3.05, 3.63) is 89.8 Å². The SMILES string of the molecule is Cc1cccn2cc(-c3ccc(NC(=O)c4ccc(F)cc4F)cc3)nc12. The molecule has 0 atom stereocenters. The first-order valence-electron chi connectivity index (χ1n) is 8.32. The maximum Gasteiger partial charge on any atom is 0.258 e. The van der Waals surface area contributed by atoms with Gasteiger partial charge >= 0.3 is 0 Å². The number of benzene rings is 2. The van der Waals surface area contributed by atoms with Gasteiger partial charge in [0, 0.05) is 29.7 Å². The Morgan fingerprint density at radius 2 is 1.85 bits per heavy atom. The molecule has 4 nitrogen and oxygen atoms in total. The first-order chi connectivity index (χ1) is 13.0. The Labute approximate surface area is 154 Å². The minimum Gasteiger partial charge on any atom is -0.322 e. The smallest absolute Gasteiger partial charge is 0.258 e. The number of rotatable bonds is 3. The van der Waals surface area contributed by atoms with Crippen molar-refractivity contribution >= 4 is 17.2 Å². The van der Waals surface area contributed by atoms with Crippen molar-refractivity contribution in [2.75, 3.05) is 5.32 Å². The van der Waals surface area contributed by atoms with E-state index >= 15 is 0 Å². The van der Waals surface area contributed by atoms with Gasteiger partial charge in [0.05, 0.1) is 11.3 Å². The second kappa shape index (κ2) is 6.64. The Morgan fingerprint density at radius 1 is 1.07 bits per heavy atom. The van der Waals surface area contributed by atoms with Crippen LogP contribution in [0, 0.1) is 18.6 Å². The van der Waals surface area contributed by atoms with Crippen LogP contribution in [0.4, 0.5) is 14.5 Å². The molecule has 0 fully saturated rings. The summed E-state index contributed by atoms with van der Waals surface area (Å²) in [4.78, 5) is 16.8. The summed E-state index contributed by atoms with van der Waals surface area (Å²) in [6, 6.07) is 13.9. The minimum absolute atomic E-state index is 0.212. The number of anilines is 1. The fourth-order valence-electron chi connectivity index (χ4n) is 2.89. The van der Waals surface area contributed by atoms with Crippen molar-refractivity contribution in [1.29, 1.82) is 0 Å². The quantitative estimate of drug-likeness (QED) is 0.566. The molecule has 1 amide bonds. The molecule has 27 heavy (non-hydrogen) atoms. The molecule has 6 heteroatoms. The van der Waals surface area contributed by atoms with Gasteiger partial charge in [-0.25, -0.2) is 13.8 Å². The van der Waals surface area contributed by atoms with E-state index in [4.69, 9.17) is 0 Å². The number of aromatic nitrogens is 2. The molecule has 2 heterocycles. The van der Waals surface area contributed by atoms with Crippen molar-refractivity contribution < 1.29 is 13.6 Å². The topological polar surface area (TPSA) is 46.4 Å². The third-order valence-corrected chi connectivity index (χ3v) is 4.29. The number of aryl methyl sites for hydroxylation is 1. The second-order valence-electron chi connectivity index (χ2n) is 6.20. The van der Waals surface area contributed by atoms with Gasteiger partial charge in [0.1, 0.15) is 17.3 Å². The van der Waals surface area contributed by atoms with Crippen molar-refractivity contribution in [1.82, 2.24) is 9.38 Å². The Morgan fingerprint density at radius 3 is 2.56 bits per heavy atom. The van der Waals surface area contributed by atoms with Gasteiger partial charge in [-0.3, -0.25) is 4.79 Å². The fourth-order valence-corrected chi connectivity index (χ4v) is 2.89. The molecular formula is C21H15F2N3O.